The van der Waals surface area contributed by atoms with Crippen LogP contribution in [0.25, 0.3) is 0 Å². The molecule has 0 radical (unpaired) electrons. The summed E-state index contributed by atoms with van der Waals surface area (Å²) in [6, 6.07) is 5.07. The Morgan fingerprint density at radius 3 is 2.95 bits per heavy atom. The molecule has 0 spiro atoms. The molecule has 0 bridgehead atoms. The molecular weight excluding hydrogens is 263 g/mol. The number of rotatable bonds is 4. The first-order valence-electron chi connectivity index (χ1n) is 6.17. The number of hydrogen-bond acceptors (Lipinski definition) is 3. The van der Waals surface area contributed by atoms with Gasteiger partial charge in [-0.3, -0.25) is 4.79 Å². The van der Waals surface area contributed by atoms with E-state index < -0.39 is 5.95 Å². The van der Waals surface area contributed by atoms with Crippen molar-refractivity contribution in [1.29, 1.82) is 0 Å². The van der Waals surface area contributed by atoms with Crippen molar-refractivity contribution in [2.45, 2.75) is 25.4 Å². The molecule has 98 valence electrons. The van der Waals surface area contributed by atoms with Gasteiger partial charge in [-0.2, -0.15) is 15.7 Å². The highest BCUT2D eigenvalue weighted by Gasteiger charge is 2.33. The Morgan fingerprint density at radius 2 is 2.32 bits per heavy atom. The maximum Gasteiger partial charge on any atom is 0.254 e. The zero-order chi connectivity index (χ0) is 13.2. The molecule has 1 saturated carbocycles. The molecule has 19 heavy (non-hydrogen) atoms. The van der Waals surface area contributed by atoms with E-state index in [2.05, 4.69) is 4.98 Å². The average molecular weight is 276 g/mol. The van der Waals surface area contributed by atoms with Gasteiger partial charge in [0.25, 0.3) is 5.91 Å². The van der Waals surface area contributed by atoms with Crippen LogP contribution in [-0.2, 0) is 6.54 Å². The van der Waals surface area contributed by atoms with Crippen molar-refractivity contribution in [2.24, 2.45) is 0 Å². The summed E-state index contributed by atoms with van der Waals surface area (Å²) >= 11 is 1.62. The van der Waals surface area contributed by atoms with Gasteiger partial charge in [0.1, 0.15) is 0 Å². The van der Waals surface area contributed by atoms with Crippen molar-refractivity contribution in [1.82, 2.24) is 9.88 Å². The van der Waals surface area contributed by atoms with Crippen molar-refractivity contribution in [3.8, 4) is 0 Å². The quantitative estimate of drug-likeness (QED) is 0.804. The second-order valence-corrected chi connectivity index (χ2v) is 5.44. The maximum absolute atomic E-state index is 13.1. The molecule has 0 atom stereocenters. The van der Waals surface area contributed by atoms with Crippen molar-refractivity contribution in [3.05, 3.63) is 52.2 Å². The molecule has 3 nitrogen and oxygen atoms in total. The van der Waals surface area contributed by atoms with Gasteiger partial charge < -0.3 is 4.90 Å². The zero-order valence-electron chi connectivity index (χ0n) is 10.3. The van der Waals surface area contributed by atoms with E-state index in [9.17, 15) is 9.18 Å². The summed E-state index contributed by atoms with van der Waals surface area (Å²) in [6.45, 7) is 0.594. The van der Waals surface area contributed by atoms with Gasteiger partial charge in [0, 0.05) is 30.4 Å². The van der Waals surface area contributed by atoms with Gasteiger partial charge in [-0.25, -0.2) is 4.98 Å². The van der Waals surface area contributed by atoms with Gasteiger partial charge in [-0.1, -0.05) is 0 Å². The Morgan fingerprint density at radius 1 is 1.47 bits per heavy atom. The number of hydrogen-bond donors (Lipinski definition) is 0. The standard InChI is InChI=1S/C14H13FN2OS/c15-13-7-11(3-5-16-13)14(18)17(12-1-2-12)8-10-4-6-19-9-10/h3-7,9,12H,1-2,8H2. The Kier molecular flexibility index (Phi) is 3.29. The number of thiophene rings is 1. The summed E-state index contributed by atoms with van der Waals surface area (Å²) in [5.74, 6) is -0.730. The van der Waals surface area contributed by atoms with Crippen molar-refractivity contribution in [3.63, 3.8) is 0 Å². The highest BCUT2D eigenvalue weighted by Crippen LogP contribution is 2.30. The van der Waals surface area contributed by atoms with E-state index in [4.69, 9.17) is 0 Å². The fourth-order valence-corrected chi connectivity index (χ4v) is 2.69. The van der Waals surface area contributed by atoms with Crippen LogP contribution in [0, 0.1) is 5.95 Å². The molecule has 1 aliphatic rings. The molecule has 0 aromatic carbocycles. The van der Waals surface area contributed by atoms with E-state index in [-0.39, 0.29) is 5.91 Å². The van der Waals surface area contributed by atoms with Crippen LogP contribution in [0.2, 0.25) is 0 Å². The molecule has 2 heterocycles. The van der Waals surface area contributed by atoms with Gasteiger partial charge >= 0.3 is 0 Å². The number of carbonyl (C=O) groups excluding carboxylic acids is 1. The van der Waals surface area contributed by atoms with E-state index in [0.29, 0.717) is 18.2 Å². The summed E-state index contributed by atoms with van der Waals surface area (Å²) in [7, 11) is 0. The molecule has 1 fully saturated rings. The summed E-state index contributed by atoms with van der Waals surface area (Å²) in [5, 5.41) is 4.03. The third-order valence-electron chi connectivity index (χ3n) is 3.16. The summed E-state index contributed by atoms with van der Waals surface area (Å²) in [5.41, 5.74) is 1.49. The van der Waals surface area contributed by atoms with Crippen LogP contribution < -0.4 is 0 Å². The smallest absolute Gasteiger partial charge is 0.254 e. The first kappa shape index (κ1) is 12.3. The SMILES string of the molecule is O=C(c1ccnc(F)c1)N(Cc1ccsc1)C1CC1. The first-order valence-corrected chi connectivity index (χ1v) is 7.12. The minimum atomic E-state index is -0.614. The molecule has 2 aromatic heterocycles. The van der Waals surface area contributed by atoms with E-state index in [1.54, 1.807) is 17.4 Å². The van der Waals surface area contributed by atoms with Crippen molar-refractivity contribution in [2.75, 3.05) is 0 Å². The van der Waals surface area contributed by atoms with E-state index >= 15 is 0 Å². The lowest BCUT2D eigenvalue weighted by Crippen LogP contribution is -2.32. The van der Waals surface area contributed by atoms with Crippen molar-refractivity contribution >= 4 is 17.2 Å². The van der Waals surface area contributed by atoms with E-state index in [1.165, 1.54) is 12.3 Å². The normalized spacial score (nSPS) is 14.4. The molecule has 0 unspecified atom stereocenters. The second kappa shape index (κ2) is 5.09. The molecule has 0 saturated heterocycles. The fraction of sp³-hybridized carbons (Fsp3) is 0.286. The van der Waals surface area contributed by atoms with Crippen LogP contribution in [0.15, 0.2) is 35.2 Å². The van der Waals surface area contributed by atoms with Gasteiger partial charge in [0.05, 0.1) is 0 Å². The first-order chi connectivity index (χ1) is 9.24. The van der Waals surface area contributed by atoms with Crippen LogP contribution in [0.5, 0.6) is 0 Å². The topological polar surface area (TPSA) is 33.2 Å². The molecule has 0 N–H and O–H groups in total. The van der Waals surface area contributed by atoms with Crippen LogP contribution >= 0.6 is 11.3 Å². The molecule has 3 rings (SSSR count). The highest BCUT2D eigenvalue weighted by molar-refractivity contribution is 7.07. The number of pyridine rings is 1. The lowest BCUT2D eigenvalue weighted by Gasteiger charge is -2.22. The van der Waals surface area contributed by atoms with Gasteiger partial charge in [-0.15, -0.1) is 0 Å². The Bertz CT molecular complexity index is 581. The number of amides is 1. The Hall–Kier alpha value is -1.75. The number of nitrogens with zero attached hydrogens (tertiary/aromatic N) is 2. The molecule has 1 amide bonds. The third kappa shape index (κ3) is 2.81. The molecule has 2 aromatic rings. The van der Waals surface area contributed by atoms with E-state index in [0.717, 1.165) is 18.4 Å². The van der Waals surface area contributed by atoms with Gasteiger partial charge in [0.2, 0.25) is 5.95 Å². The molecule has 5 heteroatoms. The van der Waals surface area contributed by atoms with Crippen molar-refractivity contribution < 1.29 is 9.18 Å². The van der Waals surface area contributed by atoms with Crippen LogP contribution in [-0.4, -0.2) is 21.8 Å². The summed E-state index contributed by atoms with van der Waals surface area (Å²) in [6.07, 6.45) is 3.39. The lowest BCUT2D eigenvalue weighted by molar-refractivity contribution is 0.0729. The Balaban J connectivity index is 1.82. The largest absolute Gasteiger partial charge is 0.331 e. The fourth-order valence-electron chi connectivity index (χ4n) is 2.03. The molecule has 1 aliphatic carbocycles. The predicted molar refractivity (Wildman–Crippen MR) is 71.4 cm³/mol. The van der Waals surface area contributed by atoms with Crippen LogP contribution in [0.1, 0.15) is 28.8 Å². The number of aromatic nitrogens is 1. The zero-order valence-corrected chi connectivity index (χ0v) is 11.1. The third-order valence-corrected chi connectivity index (χ3v) is 3.89. The summed E-state index contributed by atoms with van der Waals surface area (Å²) in [4.78, 5) is 17.8. The molecular formula is C14H13FN2OS. The lowest BCUT2D eigenvalue weighted by atomic mass is 10.2. The maximum atomic E-state index is 13.1. The average Bonchev–Trinajstić information content (AvgIpc) is 3.12. The number of halogens is 1. The molecule has 0 aliphatic heterocycles. The van der Waals surface area contributed by atoms with Crippen LogP contribution in [0.4, 0.5) is 4.39 Å². The minimum Gasteiger partial charge on any atom is -0.331 e. The monoisotopic (exact) mass is 276 g/mol. The van der Waals surface area contributed by atoms with Crippen LogP contribution in [0.3, 0.4) is 0 Å². The second-order valence-electron chi connectivity index (χ2n) is 4.66. The van der Waals surface area contributed by atoms with Gasteiger partial charge in [0.15, 0.2) is 0 Å². The number of carbonyl (C=O) groups is 1. The predicted octanol–water partition coefficient (Wildman–Crippen LogP) is 3.09. The van der Waals surface area contributed by atoms with E-state index in [1.807, 2.05) is 21.7 Å². The highest BCUT2D eigenvalue weighted by atomic mass is 32.1. The minimum absolute atomic E-state index is 0.116. The van der Waals surface area contributed by atoms with Gasteiger partial charge in [-0.05, 0) is 41.3 Å². The Labute approximate surface area is 114 Å². The summed E-state index contributed by atoms with van der Waals surface area (Å²) < 4.78 is 13.1.